The van der Waals surface area contributed by atoms with Crippen molar-refractivity contribution in [2.45, 2.75) is 78.5 Å². The van der Waals surface area contributed by atoms with Gasteiger partial charge in [0.15, 0.2) is 5.75 Å². The van der Waals surface area contributed by atoms with Gasteiger partial charge in [0.2, 0.25) is 0 Å². The first-order valence-electron chi connectivity index (χ1n) is 14.4. The summed E-state index contributed by atoms with van der Waals surface area (Å²) in [5, 5.41) is 2.98. The van der Waals surface area contributed by atoms with Gasteiger partial charge >= 0.3 is 24.3 Å². The van der Waals surface area contributed by atoms with Crippen LogP contribution in [0, 0.1) is 4.91 Å². The van der Waals surface area contributed by atoms with E-state index in [1.54, 1.807) is 42.5 Å². The number of nitrogens with zero attached hydrogens (tertiary/aromatic N) is 1. The van der Waals surface area contributed by atoms with E-state index < -0.39 is 59.0 Å². The Kier molecular flexibility index (Phi) is 11.4. The van der Waals surface area contributed by atoms with Gasteiger partial charge < -0.3 is 23.7 Å². The first-order valence-corrected chi connectivity index (χ1v) is 14.4. The van der Waals surface area contributed by atoms with Gasteiger partial charge in [0.1, 0.15) is 35.7 Å². The van der Waals surface area contributed by atoms with Gasteiger partial charge in [-0.1, -0.05) is 41.6 Å². The molecule has 47 heavy (non-hydrogen) atoms. The molecule has 0 aliphatic carbocycles. The number of methoxy groups -OCH3 is 1. The second-order valence-electron chi connectivity index (χ2n) is 12.4. The maximum Gasteiger partial charge on any atom is 0.514 e. The van der Waals surface area contributed by atoms with E-state index >= 15 is 0 Å². The van der Waals surface area contributed by atoms with Gasteiger partial charge in [0.25, 0.3) is 0 Å². The minimum Gasteiger partial charge on any atom is -0.489 e. The summed E-state index contributed by atoms with van der Waals surface area (Å²) in [4.78, 5) is 48.6. The summed E-state index contributed by atoms with van der Waals surface area (Å²) in [7, 11) is 1.28. The summed E-state index contributed by atoms with van der Waals surface area (Å²) >= 11 is 0. The Morgan fingerprint density at radius 1 is 0.809 bits per heavy atom. The van der Waals surface area contributed by atoms with E-state index in [-0.39, 0.29) is 24.3 Å². The molecule has 0 aromatic heterocycles. The van der Waals surface area contributed by atoms with E-state index in [4.69, 9.17) is 23.7 Å². The number of carbonyl (C=O) groups excluding carboxylic acids is 3. The lowest BCUT2D eigenvalue weighted by molar-refractivity contribution is -0.140. The van der Waals surface area contributed by atoms with Crippen LogP contribution in [0.2, 0.25) is 0 Å². The van der Waals surface area contributed by atoms with Gasteiger partial charge in [-0.2, -0.15) is 18.1 Å². The Morgan fingerprint density at radius 2 is 1.45 bits per heavy atom. The van der Waals surface area contributed by atoms with Crippen LogP contribution < -0.4 is 9.47 Å². The van der Waals surface area contributed by atoms with Crippen LogP contribution in [0.5, 0.6) is 11.5 Å². The van der Waals surface area contributed by atoms with E-state index in [1.807, 2.05) is 0 Å². The van der Waals surface area contributed by atoms with Crippen LogP contribution in [-0.2, 0) is 44.8 Å². The predicted octanol–water partition coefficient (Wildman–Crippen LogP) is 8.20. The number of hydrogen-bond acceptors (Lipinski definition) is 10. The summed E-state index contributed by atoms with van der Waals surface area (Å²) in [6.07, 6.45) is -6.42. The minimum atomic E-state index is -5.00. The summed E-state index contributed by atoms with van der Waals surface area (Å²) < 4.78 is 68.3. The first kappa shape index (κ1) is 36.5. The molecular formula is C34H36F3NO9. The molecule has 3 aromatic rings. The number of alkyl halides is 3. The van der Waals surface area contributed by atoms with Crippen molar-refractivity contribution in [1.82, 2.24) is 0 Å². The normalized spacial score (nSPS) is 11.8. The van der Waals surface area contributed by atoms with Gasteiger partial charge in [-0.15, -0.1) is 0 Å². The Bertz CT molecular complexity index is 1620. The highest BCUT2D eigenvalue weighted by atomic mass is 19.4. The third kappa shape index (κ3) is 10.5. The number of carbonyl (C=O) groups is 3. The maximum atomic E-state index is 14.1. The highest BCUT2D eigenvalue weighted by Gasteiger charge is 2.40. The summed E-state index contributed by atoms with van der Waals surface area (Å²) in [6, 6.07) is 13.5. The lowest BCUT2D eigenvalue weighted by Gasteiger charge is -2.24. The Morgan fingerprint density at radius 3 is 2.00 bits per heavy atom. The second kappa shape index (κ2) is 14.7. The van der Waals surface area contributed by atoms with Gasteiger partial charge in [0, 0.05) is 5.56 Å². The Hall–Kier alpha value is -4.94. The highest BCUT2D eigenvalue weighted by molar-refractivity contribution is 5.96. The molecule has 0 fully saturated rings. The molecule has 0 saturated carbocycles. The van der Waals surface area contributed by atoms with Crippen LogP contribution in [-0.4, -0.2) is 36.4 Å². The Balaban J connectivity index is 1.98. The molecule has 0 amide bonds. The second-order valence-corrected chi connectivity index (χ2v) is 12.4. The summed E-state index contributed by atoms with van der Waals surface area (Å²) in [6.45, 7) is 8.57. The average Bonchev–Trinajstić information content (AvgIpc) is 2.94. The Labute approximate surface area is 270 Å². The molecule has 0 N–H and O–H groups in total. The van der Waals surface area contributed by atoms with Gasteiger partial charge in [-0.3, -0.25) is 4.79 Å². The lowest BCUT2D eigenvalue weighted by Crippen LogP contribution is -2.29. The number of rotatable bonds is 10. The first-order chi connectivity index (χ1) is 21.8. The highest BCUT2D eigenvalue weighted by Crippen LogP contribution is 2.41. The molecule has 0 atom stereocenters. The largest absolute Gasteiger partial charge is 0.514 e. The van der Waals surface area contributed by atoms with Crippen molar-refractivity contribution in [2.24, 2.45) is 5.18 Å². The fourth-order valence-corrected chi connectivity index (χ4v) is 4.35. The van der Waals surface area contributed by atoms with E-state index in [0.717, 1.165) is 6.07 Å². The van der Waals surface area contributed by atoms with Crippen molar-refractivity contribution in [3.63, 3.8) is 0 Å². The van der Waals surface area contributed by atoms with Crippen molar-refractivity contribution in [1.29, 1.82) is 0 Å². The third-order valence-corrected chi connectivity index (χ3v) is 6.27. The van der Waals surface area contributed by atoms with E-state index in [1.165, 1.54) is 48.7 Å². The number of esters is 2. The summed E-state index contributed by atoms with van der Waals surface area (Å²) in [5.41, 5.74) is -1.66. The predicted molar refractivity (Wildman–Crippen MR) is 165 cm³/mol. The lowest BCUT2D eigenvalue weighted by atomic mass is 9.96. The maximum absolute atomic E-state index is 14.1. The van der Waals surface area contributed by atoms with Crippen LogP contribution in [0.3, 0.4) is 0 Å². The molecule has 0 aliphatic heterocycles. The smallest absolute Gasteiger partial charge is 0.489 e. The molecule has 0 bridgehead atoms. The average molecular weight is 660 g/mol. The van der Waals surface area contributed by atoms with E-state index in [2.05, 4.69) is 5.18 Å². The molecular weight excluding hydrogens is 623 g/mol. The number of halogens is 3. The van der Waals surface area contributed by atoms with Crippen LogP contribution in [0.25, 0.3) is 11.1 Å². The standard InChI is InChI=1S/C34H36F3NO9/c1-32(2,3)46-30(40)28-22(11-15-26(34(35,36)37)29(28)45-31(41)47-33(4,5)6)19-44-24-12-9-21(10-13-24)25-14-8-20(17-27(39)43-7)16-23(25)18-38-42/h8-16H,17-19H2,1-7H3. The van der Waals surface area contributed by atoms with E-state index in [0.29, 0.717) is 28.3 Å². The van der Waals surface area contributed by atoms with Crippen LogP contribution in [0.15, 0.2) is 59.8 Å². The molecule has 252 valence electrons. The SMILES string of the molecule is COC(=O)Cc1ccc(-c2ccc(OCc3ccc(C(F)(F)F)c(OC(=O)OC(C)(C)C)c3C(=O)OC(C)(C)C)cc2)c(CN=O)c1. The van der Waals surface area contributed by atoms with E-state index in [9.17, 15) is 32.5 Å². The number of ether oxygens (including phenoxy) is 5. The monoisotopic (exact) mass is 659 g/mol. The molecule has 0 aliphatic rings. The summed E-state index contributed by atoms with van der Waals surface area (Å²) in [5.74, 6) is -2.38. The molecule has 0 spiro atoms. The van der Waals surface area contributed by atoms with Crippen molar-refractivity contribution in [2.75, 3.05) is 7.11 Å². The van der Waals surface area contributed by atoms with Gasteiger partial charge in [-0.25, -0.2) is 9.59 Å². The van der Waals surface area contributed by atoms with Crippen LogP contribution in [0.1, 0.15) is 74.2 Å². The van der Waals surface area contributed by atoms with Crippen molar-refractivity contribution >= 4 is 18.1 Å². The van der Waals surface area contributed by atoms with Crippen molar-refractivity contribution in [3.05, 3.63) is 87.3 Å². The van der Waals surface area contributed by atoms with Gasteiger partial charge in [-0.05, 0) is 82.0 Å². The molecule has 3 aromatic carbocycles. The molecule has 0 saturated heterocycles. The molecule has 0 radical (unpaired) electrons. The molecule has 3 rings (SSSR count). The quantitative estimate of drug-likeness (QED) is 0.0916. The number of hydrogen-bond donors (Lipinski definition) is 0. The topological polar surface area (TPSA) is 127 Å². The minimum absolute atomic E-state index is 0.0230. The van der Waals surface area contributed by atoms with Crippen molar-refractivity contribution < 1.29 is 51.2 Å². The fourth-order valence-electron chi connectivity index (χ4n) is 4.35. The zero-order valence-corrected chi connectivity index (χ0v) is 27.1. The van der Waals surface area contributed by atoms with Crippen LogP contribution in [0.4, 0.5) is 18.0 Å². The zero-order chi connectivity index (χ0) is 35.2. The molecule has 10 nitrogen and oxygen atoms in total. The van der Waals surface area contributed by atoms with Crippen molar-refractivity contribution in [3.8, 4) is 22.6 Å². The molecule has 0 unspecified atom stereocenters. The number of nitroso groups, excluding NO2 is 1. The molecule has 0 heterocycles. The third-order valence-electron chi connectivity index (χ3n) is 6.27. The fraction of sp³-hybridized carbons (Fsp3) is 0.382. The zero-order valence-electron chi connectivity index (χ0n) is 27.1. The van der Waals surface area contributed by atoms with Crippen LogP contribution >= 0.6 is 0 Å². The van der Waals surface area contributed by atoms with Gasteiger partial charge in [0.05, 0.1) is 19.1 Å². The number of benzene rings is 3. The molecule has 13 heteroatoms.